The minimum absolute atomic E-state index is 0.0567. The van der Waals surface area contributed by atoms with E-state index in [1.165, 1.54) is 46.6 Å². The van der Waals surface area contributed by atoms with Crippen molar-refractivity contribution in [2.45, 2.75) is 54.9 Å². The summed E-state index contributed by atoms with van der Waals surface area (Å²) in [6.45, 7) is -1.63. The zero-order chi connectivity index (χ0) is 38.4. The van der Waals surface area contributed by atoms with Gasteiger partial charge in [0.2, 0.25) is 5.75 Å². The van der Waals surface area contributed by atoms with E-state index in [2.05, 4.69) is 0 Å². The number of aliphatic hydroxyl groups is 7. The lowest BCUT2D eigenvalue weighted by Crippen LogP contribution is -2.59. The van der Waals surface area contributed by atoms with Crippen LogP contribution < -0.4 is 28.4 Å². The maximum Gasteiger partial charge on any atom is 0.204 e. The highest BCUT2D eigenvalue weighted by molar-refractivity contribution is 5.63. The fourth-order valence-corrected chi connectivity index (χ4v) is 6.36. The fraction of sp³-hybridized carbons (Fsp3) is 0.459. The summed E-state index contributed by atoms with van der Waals surface area (Å²) in [4.78, 5) is 0. The Balaban J connectivity index is 1.52. The smallest absolute Gasteiger partial charge is 0.204 e. The lowest BCUT2D eigenvalue weighted by Gasteiger charge is -2.40. The van der Waals surface area contributed by atoms with Crippen LogP contribution >= 0.6 is 0 Å². The van der Waals surface area contributed by atoms with Crippen LogP contribution in [0, 0.1) is 0 Å². The molecule has 1 fully saturated rings. The van der Waals surface area contributed by atoms with Crippen molar-refractivity contribution in [1.82, 2.24) is 0 Å². The van der Waals surface area contributed by atoms with Gasteiger partial charge >= 0.3 is 0 Å². The van der Waals surface area contributed by atoms with Crippen molar-refractivity contribution in [3.05, 3.63) is 70.8 Å². The number of methoxy groups -OCH3 is 4. The van der Waals surface area contributed by atoms with Gasteiger partial charge < -0.3 is 78.7 Å². The standard InChI is InChI=1S/C37H46O16/c1-46-24-12-19(7-8-23(24)41)30(42)28(15-39)51-36-26(48-3)13-20(14-27(36)49-4)34-22(17-50-37-33(45)32(44)31(43)29(16-40)52-37)21-10-18(6-5-9-38)11-25(47-2)35(21)53-34/h5-8,10-14,22,28-34,37-45H,9,15-17H2,1-4H3/b6-5+/t22-,28-,29-,30+,31-,32+,33-,34+,37-/m1/s1. The van der Waals surface area contributed by atoms with E-state index in [4.69, 9.17) is 37.9 Å². The van der Waals surface area contributed by atoms with Gasteiger partial charge in [-0.05, 0) is 47.5 Å². The largest absolute Gasteiger partial charge is 0.504 e. The number of phenolic OH excluding ortho intramolecular Hbond substituents is 1. The van der Waals surface area contributed by atoms with Crippen molar-refractivity contribution in [3.8, 4) is 40.2 Å². The van der Waals surface area contributed by atoms with Gasteiger partial charge in [0.15, 0.2) is 46.9 Å². The molecule has 2 aliphatic rings. The maximum atomic E-state index is 11.2. The van der Waals surface area contributed by atoms with E-state index in [1.807, 2.05) is 6.07 Å². The van der Waals surface area contributed by atoms with Crippen LogP contribution in [0.25, 0.3) is 6.08 Å². The third kappa shape index (κ3) is 8.26. The Morgan fingerprint density at radius 3 is 2.09 bits per heavy atom. The summed E-state index contributed by atoms with van der Waals surface area (Å²) in [6, 6.07) is 11.0. The first-order valence-corrected chi connectivity index (χ1v) is 16.7. The van der Waals surface area contributed by atoms with E-state index in [1.54, 1.807) is 30.4 Å². The number of ether oxygens (including phenoxy) is 8. The summed E-state index contributed by atoms with van der Waals surface area (Å²) >= 11 is 0. The second kappa shape index (κ2) is 17.6. The van der Waals surface area contributed by atoms with Gasteiger partial charge in [0, 0.05) is 11.1 Å². The van der Waals surface area contributed by atoms with Gasteiger partial charge in [0.05, 0.1) is 60.8 Å². The average Bonchev–Trinajstić information content (AvgIpc) is 3.55. The van der Waals surface area contributed by atoms with Crippen molar-refractivity contribution >= 4 is 6.08 Å². The minimum Gasteiger partial charge on any atom is -0.504 e. The molecule has 0 radical (unpaired) electrons. The van der Waals surface area contributed by atoms with Crippen LogP contribution in [0.2, 0.25) is 0 Å². The zero-order valence-corrected chi connectivity index (χ0v) is 29.6. The Hall–Kier alpha value is -4.36. The molecule has 16 heteroatoms. The highest BCUT2D eigenvalue weighted by atomic mass is 16.7. The molecule has 0 aliphatic carbocycles. The van der Waals surface area contributed by atoms with Gasteiger partial charge in [-0.2, -0.15) is 0 Å². The van der Waals surface area contributed by atoms with Crippen molar-refractivity contribution in [1.29, 1.82) is 0 Å². The van der Waals surface area contributed by atoms with Gasteiger partial charge in [-0.3, -0.25) is 0 Å². The molecule has 290 valence electrons. The molecule has 0 saturated carbocycles. The molecule has 3 aromatic carbocycles. The molecule has 16 nitrogen and oxygen atoms in total. The van der Waals surface area contributed by atoms with Crippen molar-refractivity contribution < 1.29 is 78.7 Å². The van der Waals surface area contributed by atoms with Crippen molar-refractivity contribution in [2.24, 2.45) is 0 Å². The molecule has 0 amide bonds. The fourth-order valence-electron chi connectivity index (χ4n) is 6.36. The molecular formula is C37H46O16. The molecule has 0 aromatic heterocycles. The number of hydrogen-bond acceptors (Lipinski definition) is 16. The number of hydrogen-bond donors (Lipinski definition) is 8. The summed E-state index contributed by atoms with van der Waals surface area (Å²) in [7, 11) is 5.63. The highest BCUT2D eigenvalue weighted by Gasteiger charge is 2.46. The van der Waals surface area contributed by atoms with Gasteiger partial charge in [0.25, 0.3) is 0 Å². The molecule has 8 N–H and O–H groups in total. The molecular weight excluding hydrogens is 700 g/mol. The zero-order valence-electron chi connectivity index (χ0n) is 29.6. The highest BCUT2D eigenvalue weighted by Crippen LogP contribution is 2.53. The van der Waals surface area contributed by atoms with Crippen LogP contribution in [0.3, 0.4) is 0 Å². The van der Waals surface area contributed by atoms with Crippen molar-refractivity contribution in [2.75, 3.05) is 54.9 Å². The summed E-state index contributed by atoms with van der Waals surface area (Å²) in [5.74, 6) is 0.464. The first-order chi connectivity index (χ1) is 25.5. The molecule has 5 rings (SSSR count). The number of benzene rings is 3. The van der Waals surface area contributed by atoms with Crippen LogP contribution in [-0.4, -0.2) is 133 Å². The van der Waals surface area contributed by atoms with Crippen molar-refractivity contribution in [3.63, 3.8) is 0 Å². The van der Waals surface area contributed by atoms with Gasteiger partial charge in [0.1, 0.15) is 36.6 Å². The van der Waals surface area contributed by atoms with Gasteiger partial charge in [-0.1, -0.05) is 18.2 Å². The third-order valence-electron chi connectivity index (χ3n) is 9.20. The molecule has 9 atom stereocenters. The van der Waals surface area contributed by atoms with E-state index in [0.717, 1.165) is 0 Å². The minimum atomic E-state index is -1.65. The number of phenols is 1. The Kier molecular flexibility index (Phi) is 13.3. The van der Waals surface area contributed by atoms with Gasteiger partial charge in [-0.15, -0.1) is 0 Å². The molecule has 3 aromatic rings. The number of aliphatic hydroxyl groups excluding tert-OH is 7. The Morgan fingerprint density at radius 2 is 1.49 bits per heavy atom. The van der Waals surface area contributed by atoms with Crippen LogP contribution in [0.15, 0.2) is 48.5 Å². The van der Waals surface area contributed by atoms with Crippen LogP contribution in [0.1, 0.15) is 40.4 Å². The number of fused-ring (bicyclic) bond motifs is 1. The SMILES string of the molecule is COc1cc([C@H](O)[C@@H](CO)Oc2c(OC)cc([C@@H]3Oc4c(OC)cc(/C=C/CO)cc4[C@H]3CO[C@@H]3O[C@H](CO)[C@@H](O)[C@H](O)[C@H]3O)cc2OC)ccc1O. The second-order valence-corrected chi connectivity index (χ2v) is 12.4. The molecule has 2 aliphatic heterocycles. The molecule has 53 heavy (non-hydrogen) atoms. The number of aromatic hydroxyl groups is 1. The monoisotopic (exact) mass is 746 g/mol. The van der Waals surface area contributed by atoms with Crippen LogP contribution in [0.5, 0.6) is 40.2 Å². The maximum absolute atomic E-state index is 11.2. The molecule has 0 spiro atoms. The lowest BCUT2D eigenvalue weighted by molar-refractivity contribution is -0.302. The van der Waals surface area contributed by atoms with Crippen LogP contribution in [0.4, 0.5) is 0 Å². The quantitative estimate of drug-likeness (QED) is 0.102. The molecule has 0 unspecified atom stereocenters. The Bertz CT molecular complexity index is 1690. The predicted molar refractivity (Wildman–Crippen MR) is 186 cm³/mol. The summed E-state index contributed by atoms with van der Waals surface area (Å²) in [6.07, 6.45) is -7.65. The average molecular weight is 747 g/mol. The van der Waals surface area contributed by atoms with Crippen LogP contribution in [-0.2, 0) is 9.47 Å². The topological polar surface area (TPSA) is 236 Å². The van der Waals surface area contributed by atoms with E-state index in [9.17, 15) is 40.9 Å². The second-order valence-electron chi connectivity index (χ2n) is 12.4. The van der Waals surface area contributed by atoms with E-state index >= 15 is 0 Å². The third-order valence-corrected chi connectivity index (χ3v) is 9.20. The molecule has 2 heterocycles. The Labute approximate surface area is 305 Å². The molecule has 1 saturated heterocycles. The van der Waals surface area contributed by atoms with E-state index < -0.39 is 68.1 Å². The predicted octanol–water partition coefficient (Wildman–Crippen LogP) is 0.939. The van der Waals surface area contributed by atoms with Gasteiger partial charge in [-0.25, -0.2) is 0 Å². The normalized spacial score (nSPS) is 25.0. The number of rotatable bonds is 16. The summed E-state index contributed by atoms with van der Waals surface area (Å²) in [5, 5.41) is 81.9. The summed E-state index contributed by atoms with van der Waals surface area (Å²) < 4.78 is 46.5. The first-order valence-electron chi connectivity index (χ1n) is 16.7. The molecule has 0 bridgehead atoms. The lowest BCUT2D eigenvalue weighted by atomic mass is 9.90. The Morgan fingerprint density at radius 1 is 0.811 bits per heavy atom. The first kappa shape index (κ1) is 39.8. The summed E-state index contributed by atoms with van der Waals surface area (Å²) in [5.41, 5.74) is 2.11. The van der Waals surface area contributed by atoms with E-state index in [-0.39, 0.29) is 42.0 Å². The van der Waals surface area contributed by atoms with E-state index in [0.29, 0.717) is 33.8 Å².